The highest BCUT2D eigenvalue weighted by atomic mass is 16.3. The van der Waals surface area contributed by atoms with Gasteiger partial charge in [0.2, 0.25) is 0 Å². The Morgan fingerprint density at radius 1 is 1.33 bits per heavy atom. The van der Waals surface area contributed by atoms with Crippen molar-refractivity contribution in [1.29, 1.82) is 5.26 Å². The molecule has 1 N–H and O–H groups in total. The molecule has 0 aromatic heterocycles. The van der Waals surface area contributed by atoms with E-state index in [9.17, 15) is 5.11 Å². The van der Waals surface area contributed by atoms with Gasteiger partial charge in [-0.15, -0.1) is 0 Å². The number of aliphatic hydroxyl groups is 1. The lowest BCUT2D eigenvalue weighted by Gasteiger charge is -2.09. The normalized spacial score (nSPS) is 12.2. The standard InChI is InChI=1S/C10H11NO/c1-7-4-3-5-8(2)10(7)9(12)6-11/h3-5,9,12H,1-2H3. The summed E-state index contributed by atoms with van der Waals surface area (Å²) in [6.07, 6.45) is -0.994. The molecule has 0 radical (unpaired) electrons. The predicted molar refractivity (Wildman–Crippen MR) is 46.5 cm³/mol. The van der Waals surface area contributed by atoms with Crippen LogP contribution in [0.15, 0.2) is 18.2 Å². The zero-order chi connectivity index (χ0) is 9.14. The SMILES string of the molecule is Cc1cccc(C)c1C(O)C#N. The summed E-state index contributed by atoms with van der Waals surface area (Å²) in [5.74, 6) is 0. The van der Waals surface area contributed by atoms with Gasteiger partial charge in [-0.25, -0.2) is 0 Å². The number of benzene rings is 1. The molecule has 12 heavy (non-hydrogen) atoms. The zero-order valence-electron chi connectivity index (χ0n) is 7.20. The molecule has 0 bridgehead atoms. The van der Waals surface area contributed by atoms with E-state index in [-0.39, 0.29) is 0 Å². The first kappa shape index (κ1) is 8.76. The predicted octanol–water partition coefficient (Wildman–Crippen LogP) is 1.86. The Kier molecular flexibility index (Phi) is 2.47. The van der Waals surface area contributed by atoms with E-state index in [0.717, 1.165) is 16.7 Å². The number of nitriles is 1. The molecule has 2 heteroatoms. The van der Waals surface area contributed by atoms with Gasteiger partial charge >= 0.3 is 0 Å². The first-order valence-corrected chi connectivity index (χ1v) is 3.80. The molecule has 1 aromatic rings. The maximum absolute atomic E-state index is 9.33. The van der Waals surface area contributed by atoms with Gasteiger partial charge in [-0.05, 0) is 25.0 Å². The Morgan fingerprint density at radius 3 is 2.25 bits per heavy atom. The molecule has 0 aliphatic rings. The summed E-state index contributed by atoms with van der Waals surface area (Å²) in [6.45, 7) is 3.78. The van der Waals surface area contributed by atoms with Crippen molar-refractivity contribution in [2.45, 2.75) is 20.0 Å². The maximum atomic E-state index is 9.33. The van der Waals surface area contributed by atoms with Gasteiger partial charge in [0.05, 0.1) is 6.07 Å². The second-order valence-electron chi connectivity index (χ2n) is 2.84. The van der Waals surface area contributed by atoms with Crippen LogP contribution in [0.2, 0.25) is 0 Å². The number of hydrogen-bond acceptors (Lipinski definition) is 2. The Labute approximate surface area is 72.1 Å². The van der Waals surface area contributed by atoms with E-state index in [2.05, 4.69) is 0 Å². The fourth-order valence-electron chi connectivity index (χ4n) is 1.32. The van der Waals surface area contributed by atoms with Crippen molar-refractivity contribution >= 4 is 0 Å². The molecule has 1 rings (SSSR count). The van der Waals surface area contributed by atoms with Crippen LogP contribution in [-0.2, 0) is 0 Å². The van der Waals surface area contributed by atoms with Crippen molar-refractivity contribution in [2.75, 3.05) is 0 Å². The van der Waals surface area contributed by atoms with Crippen LogP contribution < -0.4 is 0 Å². The second kappa shape index (κ2) is 3.38. The summed E-state index contributed by atoms with van der Waals surface area (Å²) >= 11 is 0. The molecular weight excluding hydrogens is 150 g/mol. The fourth-order valence-corrected chi connectivity index (χ4v) is 1.32. The van der Waals surface area contributed by atoms with E-state index in [1.54, 1.807) is 0 Å². The molecule has 0 heterocycles. The highest BCUT2D eigenvalue weighted by molar-refractivity contribution is 5.37. The summed E-state index contributed by atoms with van der Waals surface area (Å²) in [4.78, 5) is 0. The van der Waals surface area contributed by atoms with Crippen molar-refractivity contribution in [1.82, 2.24) is 0 Å². The van der Waals surface area contributed by atoms with Crippen molar-refractivity contribution < 1.29 is 5.11 Å². The highest BCUT2D eigenvalue weighted by Crippen LogP contribution is 2.20. The largest absolute Gasteiger partial charge is 0.374 e. The lowest BCUT2D eigenvalue weighted by atomic mass is 9.99. The first-order chi connectivity index (χ1) is 5.66. The molecule has 0 aliphatic carbocycles. The van der Waals surface area contributed by atoms with Crippen molar-refractivity contribution in [2.24, 2.45) is 0 Å². The third-order valence-electron chi connectivity index (χ3n) is 1.94. The summed E-state index contributed by atoms with van der Waals surface area (Å²) < 4.78 is 0. The molecular formula is C10H11NO. The molecule has 0 saturated carbocycles. The van der Waals surface area contributed by atoms with Crippen LogP contribution in [0.25, 0.3) is 0 Å². The van der Waals surface area contributed by atoms with Gasteiger partial charge in [-0.3, -0.25) is 0 Å². The van der Waals surface area contributed by atoms with Crippen LogP contribution in [0.1, 0.15) is 22.8 Å². The minimum Gasteiger partial charge on any atom is -0.374 e. The molecule has 1 aromatic carbocycles. The van der Waals surface area contributed by atoms with Crippen molar-refractivity contribution in [3.8, 4) is 6.07 Å². The van der Waals surface area contributed by atoms with E-state index in [4.69, 9.17) is 5.26 Å². The number of hydrogen-bond donors (Lipinski definition) is 1. The lowest BCUT2D eigenvalue weighted by Crippen LogP contribution is -1.99. The maximum Gasteiger partial charge on any atom is 0.166 e. The van der Waals surface area contributed by atoms with Gasteiger partial charge in [-0.2, -0.15) is 5.26 Å². The molecule has 0 fully saturated rings. The van der Waals surface area contributed by atoms with Gasteiger partial charge in [0, 0.05) is 5.56 Å². The Hall–Kier alpha value is -1.33. The van der Waals surface area contributed by atoms with Crippen molar-refractivity contribution in [3.05, 3.63) is 34.9 Å². The van der Waals surface area contributed by atoms with E-state index in [0.29, 0.717) is 0 Å². The number of aliphatic hydroxyl groups excluding tert-OH is 1. The fraction of sp³-hybridized carbons (Fsp3) is 0.300. The summed E-state index contributed by atoms with van der Waals surface area (Å²) in [5, 5.41) is 17.9. The van der Waals surface area contributed by atoms with Crippen LogP contribution in [-0.4, -0.2) is 5.11 Å². The molecule has 2 nitrogen and oxygen atoms in total. The summed E-state index contributed by atoms with van der Waals surface area (Å²) in [7, 11) is 0. The van der Waals surface area contributed by atoms with Crippen LogP contribution >= 0.6 is 0 Å². The van der Waals surface area contributed by atoms with E-state index in [1.807, 2.05) is 38.1 Å². The number of rotatable bonds is 1. The third-order valence-corrected chi connectivity index (χ3v) is 1.94. The summed E-state index contributed by atoms with van der Waals surface area (Å²) in [5.41, 5.74) is 2.66. The smallest absolute Gasteiger partial charge is 0.166 e. The Bertz CT molecular complexity index is 305. The van der Waals surface area contributed by atoms with Gasteiger partial charge in [0.25, 0.3) is 0 Å². The minimum absolute atomic E-state index is 0.736. The summed E-state index contributed by atoms with van der Waals surface area (Å²) in [6, 6.07) is 7.52. The molecule has 0 aliphatic heterocycles. The van der Waals surface area contributed by atoms with Crippen LogP contribution in [0, 0.1) is 25.2 Å². The Balaban J connectivity index is 3.23. The topological polar surface area (TPSA) is 44.0 Å². The van der Waals surface area contributed by atoms with Crippen LogP contribution in [0.3, 0.4) is 0 Å². The van der Waals surface area contributed by atoms with E-state index < -0.39 is 6.10 Å². The molecule has 1 unspecified atom stereocenters. The average molecular weight is 161 g/mol. The zero-order valence-corrected chi connectivity index (χ0v) is 7.20. The van der Waals surface area contributed by atoms with Gasteiger partial charge < -0.3 is 5.11 Å². The van der Waals surface area contributed by atoms with E-state index in [1.165, 1.54) is 0 Å². The third kappa shape index (κ3) is 1.46. The van der Waals surface area contributed by atoms with Crippen LogP contribution in [0.5, 0.6) is 0 Å². The van der Waals surface area contributed by atoms with Gasteiger partial charge in [-0.1, -0.05) is 18.2 Å². The quantitative estimate of drug-likeness (QED) is 0.639. The highest BCUT2D eigenvalue weighted by Gasteiger charge is 2.10. The van der Waals surface area contributed by atoms with E-state index >= 15 is 0 Å². The monoisotopic (exact) mass is 161 g/mol. The molecule has 0 amide bonds. The molecule has 62 valence electrons. The average Bonchev–Trinajstić information content (AvgIpc) is 2.03. The van der Waals surface area contributed by atoms with Crippen LogP contribution in [0.4, 0.5) is 0 Å². The van der Waals surface area contributed by atoms with Crippen molar-refractivity contribution in [3.63, 3.8) is 0 Å². The lowest BCUT2D eigenvalue weighted by molar-refractivity contribution is 0.234. The molecule has 0 saturated heterocycles. The van der Waals surface area contributed by atoms with Gasteiger partial charge in [0.15, 0.2) is 6.10 Å². The number of nitrogens with zero attached hydrogens (tertiary/aromatic N) is 1. The second-order valence-corrected chi connectivity index (χ2v) is 2.84. The Morgan fingerprint density at radius 2 is 1.83 bits per heavy atom. The number of aryl methyl sites for hydroxylation is 2. The minimum atomic E-state index is -0.994. The molecule has 0 spiro atoms. The molecule has 1 atom stereocenters. The van der Waals surface area contributed by atoms with Gasteiger partial charge in [0.1, 0.15) is 0 Å². The first-order valence-electron chi connectivity index (χ1n) is 3.80.